The van der Waals surface area contributed by atoms with E-state index < -0.39 is 5.97 Å². The van der Waals surface area contributed by atoms with E-state index in [2.05, 4.69) is 24.0 Å². The molecule has 0 aliphatic carbocycles. The molecule has 4 nitrogen and oxygen atoms in total. The van der Waals surface area contributed by atoms with E-state index in [0.29, 0.717) is 6.42 Å². The molecule has 1 aromatic rings. The van der Waals surface area contributed by atoms with E-state index in [4.69, 9.17) is 5.11 Å². The Kier molecular flexibility index (Phi) is 9.93. The first-order valence-electron chi connectivity index (χ1n) is 10.4. The quantitative estimate of drug-likeness (QED) is 0.341. The lowest BCUT2D eigenvalue weighted by Gasteiger charge is -2.22. The molecule has 1 fully saturated rings. The average Bonchev–Trinajstić information content (AvgIpc) is 3.04. The number of carboxylic acid groups (broad SMARTS) is 1. The second-order valence-electron chi connectivity index (χ2n) is 7.24. The first-order valence-corrected chi connectivity index (χ1v) is 10.4. The first kappa shape index (κ1) is 21.8. The Bertz CT molecular complexity index is 700. The highest BCUT2D eigenvalue weighted by Crippen LogP contribution is 2.21. The van der Waals surface area contributed by atoms with Crippen LogP contribution in [0, 0.1) is 11.8 Å². The van der Waals surface area contributed by atoms with Gasteiger partial charge in [0.1, 0.15) is 0 Å². The third kappa shape index (κ3) is 8.43. The van der Waals surface area contributed by atoms with Gasteiger partial charge in [-0.15, -0.1) is 0 Å². The fourth-order valence-corrected chi connectivity index (χ4v) is 3.41. The number of hydrogen-bond donors (Lipinski definition) is 1. The van der Waals surface area contributed by atoms with Gasteiger partial charge in [-0.25, -0.2) is 0 Å². The van der Waals surface area contributed by atoms with Crippen LogP contribution >= 0.6 is 0 Å². The summed E-state index contributed by atoms with van der Waals surface area (Å²) in [7, 11) is 0. The van der Waals surface area contributed by atoms with Crippen LogP contribution in [-0.4, -0.2) is 34.5 Å². The van der Waals surface area contributed by atoms with Crippen molar-refractivity contribution in [2.75, 3.05) is 6.54 Å². The minimum absolute atomic E-state index is 0.224. The fourth-order valence-electron chi connectivity index (χ4n) is 3.41. The highest BCUT2D eigenvalue weighted by molar-refractivity contribution is 5.79. The molecule has 28 heavy (non-hydrogen) atoms. The summed E-state index contributed by atoms with van der Waals surface area (Å²) in [6, 6.07) is 10.2. The van der Waals surface area contributed by atoms with Gasteiger partial charge >= 0.3 is 5.97 Å². The molecule has 150 valence electrons. The van der Waals surface area contributed by atoms with Crippen molar-refractivity contribution in [1.29, 1.82) is 0 Å². The molecule has 0 bridgehead atoms. The van der Waals surface area contributed by atoms with E-state index in [1.54, 1.807) is 0 Å². The highest BCUT2D eigenvalue weighted by atomic mass is 16.4. The largest absolute Gasteiger partial charge is 0.481 e. The Morgan fingerprint density at radius 2 is 1.93 bits per heavy atom. The van der Waals surface area contributed by atoms with Gasteiger partial charge in [-0.05, 0) is 44.2 Å². The Morgan fingerprint density at radius 1 is 1.14 bits per heavy atom. The van der Waals surface area contributed by atoms with Crippen molar-refractivity contribution in [1.82, 2.24) is 4.90 Å². The van der Waals surface area contributed by atoms with E-state index in [9.17, 15) is 9.59 Å². The number of carboxylic acids is 1. The van der Waals surface area contributed by atoms with Crippen LogP contribution in [0.2, 0.25) is 0 Å². The van der Waals surface area contributed by atoms with Crippen LogP contribution in [0.1, 0.15) is 69.8 Å². The molecule has 0 spiro atoms. The lowest BCUT2D eigenvalue weighted by molar-refractivity contribution is -0.137. The van der Waals surface area contributed by atoms with Gasteiger partial charge in [0, 0.05) is 31.4 Å². The van der Waals surface area contributed by atoms with Crippen LogP contribution in [0.3, 0.4) is 0 Å². The molecule has 4 heteroatoms. The van der Waals surface area contributed by atoms with Gasteiger partial charge in [0.05, 0.1) is 6.04 Å². The van der Waals surface area contributed by atoms with Gasteiger partial charge in [-0.1, -0.05) is 55.0 Å². The Morgan fingerprint density at radius 3 is 2.71 bits per heavy atom. The van der Waals surface area contributed by atoms with Gasteiger partial charge in [0.25, 0.3) is 0 Å². The molecule has 1 N–H and O–H groups in total. The van der Waals surface area contributed by atoms with Crippen LogP contribution in [0.4, 0.5) is 0 Å². The minimum Gasteiger partial charge on any atom is -0.481 e. The second kappa shape index (κ2) is 12.8. The molecule has 0 saturated carbocycles. The summed E-state index contributed by atoms with van der Waals surface area (Å²) < 4.78 is 0. The number of carbonyl (C=O) groups excluding carboxylic acids is 1. The Balaban J connectivity index is 1.62. The molecular formula is C24H31NO3. The van der Waals surface area contributed by atoms with E-state index in [1.165, 1.54) is 0 Å². The maximum atomic E-state index is 12.1. The summed E-state index contributed by atoms with van der Waals surface area (Å²) in [5.74, 6) is 5.90. The third-order valence-corrected chi connectivity index (χ3v) is 4.95. The van der Waals surface area contributed by atoms with Gasteiger partial charge in [-0.3, -0.25) is 9.59 Å². The summed E-state index contributed by atoms with van der Waals surface area (Å²) >= 11 is 0. The third-order valence-electron chi connectivity index (χ3n) is 4.95. The molecule has 2 rings (SSSR count). The van der Waals surface area contributed by atoms with Crippen LogP contribution in [-0.2, 0) is 9.59 Å². The first-order chi connectivity index (χ1) is 13.7. The van der Waals surface area contributed by atoms with Crippen molar-refractivity contribution in [3.05, 3.63) is 48.0 Å². The Hall–Kier alpha value is -2.54. The number of carbonyl (C=O) groups is 2. The zero-order valence-electron chi connectivity index (χ0n) is 16.6. The molecule has 0 radical (unpaired) electrons. The zero-order valence-corrected chi connectivity index (χ0v) is 16.6. The number of benzene rings is 1. The fraction of sp³-hybridized carbons (Fsp3) is 0.500. The van der Waals surface area contributed by atoms with E-state index in [-0.39, 0.29) is 18.4 Å². The number of likely N-dealkylation sites (tertiary alicyclic amines) is 1. The van der Waals surface area contributed by atoms with Crippen molar-refractivity contribution in [2.24, 2.45) is 0 Å². The van der Waals surface area contributed by atoms with E-state index in [0.717, 1.165) is 63.5 Å². The molecular weight excluding hydrogens is 350 g/mol. The molecule has 1 amide bonds. The van der Waals surface area contributed by atoms with Crippen LogP contribution in [0.5, 0.6) is 0 Å². The van der Waals surface area contributed by atoms with Gasteiger partial charge in [0.15, 0.2) is 0 Å². The lowest BCUT2D eigenvalue weighted by atomic mass is 10.1. The minimum atomic E-state index is -0.731. The average molecular weight is 382 g/mol. The number of hydrogen-bond acceptors (Lipinski definition) is 2. The standard InChI is InChI=1S/C24H31NO3/c26-23-19-18-22(25(23)20-12-5-4-11-17-24(27)28)16-10-3-1-2-7-13-21-14-8-6-9-15-21/h6,8-10,14-16,22H,1-5,11-12,17-20H2,(H,27,28)/b16-10+. The van der Waals surface area contributed by atoms with Crippen molar-refractivity contribution in [3.63, 3.8) is 0 Å². The number of aliphatic carboxylic acids is 1. The number of rotatable bonds is 11. The topological polar surface area (TPSA) is 57.6 Å². The molecule has 0 aromatic heterocycles. The van der Waals surface area contributed by atoms with Crippen molar-refractivity contribution in [3.8, 4) is 11.8 Å². The second-order valence-corrected chi connectivity index (χ2v) is 7.24. The van der Waals surface area contributed by atoms with E-state index in [1.807, 2.05) is 35.2 Å². The molecule has 1 unspecified atom stereocenters. The molecule has 1 aromatic carbocycles. The lowest BCUT2D eigenvalue weighted by Crippen LogP contribution is -2.32. The molecule has 1 aliphatic heterocycles. The zero-order chi connectivity index (χ0) is 20.0. The number of unbranched alkanes of at least 4 members (excludes halogenated alkanes) is 5. The number of amides is 1. The summed E-state index contributed by atoms with van der Waals surface area (Å²) in [5, 5.41) is 8.65. The van der Waals surface area contributed by atoms with Crippen LogP contribution in [0.15, 0.2) is 42.5 Å². The number of allylic oxidation sites excluding steroid dienone is 1. The summed E-state index contributed by atoms with van der Waals surface area (Å²) in [6.07, 6.45) is 12.6. The van der Waals surface area contributed by atoms with Gasteiger partial charge in [0.2, 0.25) is 5.91 Å². The highest BCUT2D eigenvalue weighted by Gasteiger charge is 2.28. The summed E-state index contributed by atoms with van der Waals surface area (Å²) in [4.78, 5) is 24.6. The summed E-state index contributed by atoms with van der Waals surface area (Å²) in [6.45, 7) is 0.781. The normalized spacial score (nSPS) is 16.4. The van der Waals surface area contributed by atoms with Crippen molar-refractivity contribution < 1.29 is 14.7 Å². The van der Waals surface area contributed by atoms with Gasteiger partial charge in [-0.2, -0.15) is 0 Å². The molecule has 1 heterocycles. The maximum absolute atomic E-state index is 12.1. The monoisotopic (exact) mass is 381 g/mol. The molecule has 1 aliphatic rings. The van der Waals surface area contributed by atoms with E-state index >= 15 is 0 Å². The maximum Gasteiger partial charge on any atom is 0.303 e. The number of nitrogens with zero attached hydrogens (tertiary/aromatic N) is 1. The van der Waals surface area contributed by atoms with Crippen LogP contribution < -0.4 is 0 Å². The summed E-state index contributed by atoms with van der Waals surface area (Å²) in [5.41, 5.74) is 1.06. The van der Waals surface area contributed by atoms with Crippen molar-refractivity contribution >= 4 is 11.9 Å². The molecule has 1 saturated heterocycles. The van der Waals surface area contributed by atoms with Crippen LogP contribution in [0.25, 0.3) is 0 Å². The molecule has 1 atom stereocenters. The predicted octanol–water partition coefficient (Wildman–Crippen LogP) is 4.79. The van der Waals surface area contributed by atoms with Crippen molar-refractivity contribution in [2.45, 2.75) is 70.3 Å². The smallest absolute Gasteiger partial charge is 0.303 e. The SMILES string of the molecule is O=C(O)CCCCCCN1C(=O)CCC1/C=C/CCCC#Cc1ccccc1. The Labute approximate surface area is 168 Å². The predicted molar refractivity (Wildman–Crippen MR) is 112 cm³/mol. The van der Waals surface area contributed by atoms with Gasteiger partial charge < -0.3 is 10.0 Å².